The van der Waals surface area contributed by atoms with E-state index < -0.39 is 12.6 Å². The van der Waals surface area contributed by atoms with Crippen molar-refractivity contribution in [3.05, 3.63) is 0 Å². The van der Waals surface area contributed by atoms with Crippen molar-refractivity contribution in [3.8, 4) is 0 Å². The van der Waals surface area contributed by atoms with Gasteiger partial charge < -0.3 is 9.64 Å². The monoisotopic (exact) mass is 239 g/mol. The number of ether oxygens (including phenoxy) is 1. The molecule has 94 valence electrons. The van der Waals surface area contributed by atoms with E-state index in [0.717, 1.165) is 6.42 Å². The highest BCUT2D eigenvalue weighted by molar-refractivity contribution is 5.72. The summed E-state index contributed by atoms with van der Waals surface area (Å²) in [5.74, 6) is -0.594. The molecule has 16 heavy (non-hydrogen) atoms. The second-order valence-electron chi connectivity index (χ2n) is 4.03. The van der Waals surface area contributed by atoms with Gasteiger partial charge in [0, 0.05) is 13.1 Å². The molecule has 0 radical (unpaired) electrons. The van der Waals surface area contributed by atoms with Gasteiger partial charge in [-0.15, -0.1) is 0 Å². The normalized spacial score (nSPS) is 23.1. The summed E-state index contributed by atoms with van der Waals surface area (Å²) in [5, 5.41) is 0. The standard InChI is InChI=1S/C10H16F3NO2/c1-16-9(15)8-3-2-5-14(7-8)6-4-10(11,12)13/h8H,2-7H2,1H3/t8-/m0/s1. The van der Waals surface area contributed by atoms with E-state index in [1.165, 1.54) is 7.11 Å². The van der Waals surface area contributed by atoms with Crippen LogP contribution in [-0.2, 0) is 9.53 Å². The summed E-state index contributed by atoms with van der Waals surface area (Å²) >= 11 is 0. The van der Waals surface area contributed by atoms with Crippen LogP contribution in [0.25, 0.3) is 0 Å². The lowest BCUT2D eigenvalue weighted by Crippen LogP contribution is -2.40. The molecule has 0 aliphatic carbocycles. The Morgan fingerprint density at radius 2 is 2.19 bits per heavy atom. The van der Waals surface area contributed by atoms with E-state index in [1.54, 1.807) is 4.90 Å². The third-order valence-corrected chi connectivity index (χ3v) is 2.75. The molecule has 1 heterocycles. The maximum atomic E-state index is 12.0. The lowest BCUT2D eigenvalue weighted by atomic mass is 9.98. The summed E-state index contributed by atoms with van der Waals surface area (Å²) in [6.45, 7) is 0.976. The number of esters is 1. The fourth-order valence-electron chi connectivity index (χ4n) is 1.90. The highest BCUT2D eigenvalue weighted by atomic mass is 19.4. The minimum absolute atomic E-state index is 0.0308. The molecule has 0 aromatic rings. The van der Waals surface area contributed by atoms with Crippen molar-refractivity contribution in [1.82, 2.24) is 4.90 Å². The molecule has 0 spiro atoms. The fourth-order valence-corrected chi connectivity index (χ4v) is 1.90. The Labute approximate surface area is 92.5 Å². The molecule has 0 bridgehead atoms. The van der Waals surface area contributed by atoms with Gasteiger partial charge >= 0.3 is 12.1 Å². The maximum Gasteiger partial charge on any atom is 0.390 e. The van der Waals surface area contributed by atoms with Gasteiger partial charge in [-0.3, -0.25) is 4.79 Å². The smallest absolute Gasteiger partial charge is 0.390 e. The van der Waals surface area contributed by atoms with Gasteiger partial charge in [0.1, 0.15) is 0 Å². The number of methoxy groups -OCH3 is 1. The summed E-state index contributed by atoms with van der Waals surface area (Å²) in [5.41, 5.74) is 0. The Hall–Kier alpha value is -0.780. The van der Waals surface area contributed by atoms with Crippen LogP contribution in [0.5, 0.6) is 0 Å². The highest BCUT2D eigenvalue weighted by Crippen LogP contribution is 2.23. The molecule has 0 amide bonds. The predicted octanol–water partition coefficient (Wildman–Crippen LogP) is 1.82. The predicted molar refractivity (Wildman–Crippen MR) is 51.9 cm³/mol. The van der Waals surface area contributed by atoms with E-state index in [4.69, 9.17) is 0 Å². The molecule has 1 aliphatic rings. The summed E-state index contributed by atoms with van der Waals surface area (Å²) in [6.07, 6.45) is -3.49. The molecular weight excluding hydrogens is 223 g/mol. The lowest BCUT2D eigenvalue weighted by Gasteiger charge is -2.31. The van der Waals surface area contributed by atoms with E-state index >= 15 is 0 Å². The highest BCUT2D eigenvalue weighted by Gasteiger charge is 2.31. The molecular formula is C10H16F3NO2. The van der Waals surface area contributed by atoms with Crippen molar-refractivity contribution in [2.24, 2.45) is 5.92 Å². The SMILES string of the molecule is COC(=O)[C@H]1CCCN(CCC(F)(F)F)C1. The largest absolute Gasteiger partial charge is 0.469 e. The van der Waals surface area contributed by atoms with Crippen molar-refractivity contribution in [2.45, 2.75) is 25.4 Å². The van der Waals surface area contributed by atoms with E-state index in [9.17, 15) is 18.0 Å². The van der Waals surface area contributed by atoms with Gasteiger partial charge in [-0.25, -0.2) is 0 Å². The van der Waals surface area contributed by atoms with Gasteiger partial charge in [0.25, 0.3) is 0 Å². The van der Waals surface area contributed by atoms with Crippen LogP contribution in [0.15, 0.2) is 0 Å². The maximum absolute atomic E-state index is 12.0. The van der Waals surface area contributed by atoms with Crippen molar-refractivity contribution in [1.29, 1.82) is 0 Å². The summed E-state index contributed by atoms with van der Waals surface area (Å²) in [6, 6.07) is 0. The second-order valence-corrected chi connectivity index (χ2v) is 4.03. The van der Waals surface area contributed by atoms with Crippen LogP contribution >= 0.6 is 0 Å². The van der Waals surface area contributed by atoms with Gasteiger partial charge in [0.15, 0.2) is 0 Å². The number of carbonyl (C=O) groups excluding carboxylic acids is 1. The number of likely N-dealkylation sites (tertiary alicyclic amines) is 1. The first-order valence-corrected chi connectivity index (χ1v) is 5.29. The van der Waals surface area contributed by atoms with Crippen molar-refractivity contribution in [2.75, 3.05) is 26.7 Å². The Morgan fingerprint density at radius 3 is 2.75 bits per heavy atom. The molecule has 0 aromatic heterocycles. The average Bonchev–Trinajstić information content (AvgIpc) is 2.25. The molecule has 1 atom stereocenters. The number of carbonyl (C=O) groups is 1. The molecule has 6 heteroatoms. The zero-order valence-corrected chi connectivity index (χ0v) is 9.22. The van der Waals surface area contributed by atoms with E-state index in [2.05, 4.69) is 4.74 Å². The molecule has 3 nitrogen and oxygen atoms in total. The third-order valence-electron chi connectivity index (χ3n) is 2.75. The quantitative estimate of drug-likeness (QED) is 0.704. The summed E-state index contributed by atoms with van der Waals surface area (Å²) in [4.78, 5) is 12.9. The number of nitrogens with zero attached hydrogens (tertiary/aromatic N) is 1. The number of piperidine rings is 1. The molecule has 0 saturated carbocycles. The zero-order chi connectivity index (χ0) is 12.2. The van der Waals surface area contributed by atoms with E-state index in [0.29, 0.717) is 19.5 Å². The Kier molecular flexibility index (Phi) is 4.58. The van der Waals surface area contributed by atoms with Gasteiger partial charge in [0.2, 0.25) is 0 Å². The van der Waals surface area contributed by atoms with Crippen molar-refractivity contribution in [3.63, 3.8) is 0 Å². The Balaban J connectivity index is 2.36. The Morgan fingerprint density at radius 1 is 1.50 bits per heavy atom. The van der Waals surface area contributed by atoms with Crippen molar-refractivity contribution < 1.29 is 22.7 Å². The van der Waals surface area contributed by atoms with Gasteiger partial charge in [-0.1, -0.05) is 0 Å². The number of rotatable bonds is 3. The third kappa shape index (κ3) is 4.38. The topological polar surface area (TPSA) is 29.5 Å². The minimum Gasteiger partial charge on any atom is -0.469 e. The average molecular weight is 239 g/mol. The first-order chi connectivity index (χ1) is 7.42. The molecule has 0 aromatic carbocycles. The number of alkyl halides is 3. The van der Waals surface area contributed by atoms with Crippen LogP contribution in [0.3, 0.4) is 0 Å². The van der Waals surface area contributed by atoms with Crippen LogP contribution in [-0.4, -0.2) is 43.8 Å². The number of hydrogen-bond acceptors (Lipinski definition) is 3. The van der Waals surface area contributed by atoms with Crippen LogP contribution in [0.4, 0.5) is 13.2 Å². The molecule has 1 aliphatic heterocycles. The van der Waals surface area contributed by atoms with Crippen LogP contribution in [0.2, 0.25) is 0 Å². The van der Waals surface area contributed by atoms with Crippen LogP contribution in [0, 0.1) is 5.92 Å². The minimum atomic E-state index is -4.13. The van der Waals surface area contributed by atoms with Gasteiger partial charge in [-0.05, 0) is 19.4 Å². The first kappa shape index (κ1) is 13.3. The second kappa shape index (κ2) is 5.52. The summed E-state index contributed by atoms with van der Waals surface area (Å²) < 4.78 is 40.6. The molecule has 1 rings (SSSR count). The molecule has 1 saturated heterocycles. The van der Waals surface area contributed by atoms with E-state index in [-0.39, 0.29) is 18.4 Å². The number of halogens is 3. The first-order valence-electron chi connectivity index (χ1n) is 5.29. The molecule has 1 fully saturated rings. The lowest BCUT2D eigenvalue weighted by molar-refractivity contribution is -0.148. The van der Waals surface area contributed by atoms with E-state index in [1.807, 2.05) is 0 Å². The van der Waals surface area contributed by atoms with Crippen molar-refractivity contribution >= 4 is 5.97 Å². The van der Waals surface area contributed by atoms with Gasteiger partial charge in [0.05, 0.1) is 19.4 Å². The van der Waals surface area contributed by atoms with Crippen LogP contribution in [0.1, 0.15) is 19.3 Å². The number of hydrogen-bond donors (Lipinski definition) is 0. The summed E-state index contributed by atoms with van der Waals surface area (Å²) in [7, 11) is 1.30. The molecule has 0 N–H and O–H groups in total. The van der Waals surface area contributed by atoms with Gasteiger partial charge in [-0.2, -0.15) is 13.2 Å². The Bertz CT molecular complexity index is 243. The molecule has 0 unspecified atom stereocenters. The van der Waals surface area contributed by atoms with Crippen LogP contribution < -0.4 is 0 Å². The fraction of sp³-hybridized carbons (Fsp3) is 0.900. The zero-order valence-electron chi connectivity index (χ0n) is 9.22.